The molecule has 0 bridgehead atoms. The third kappa shape index (κ3) is 6.91. The summed E-state index contributed by atoms with van der Waals surface area (Å²) in [5.41, 5.74) is 1.80. The van der Waals surface area contributed by atoms with Crippen molar-refractivity contribution in [3.8, 4) is 5.75 Å². The van der Waals surface area contributed by atoms with Gasteiger partial charge in [0.2, 0.25) is 10.0 Å². The molecule has 1 N–H and O–H groups in total. The second kappa shape index (κ2) is 11.2. The van der Waals surface area contributed by atoms with Gasteiger partial charge in [0.1, 0.15) is 12.4 Å². The summed E-state index contributed by atoms with van der Waals surface area (Å²) >= 11 is 0. The molecule has 10 heteroatoms. The standard InChI is InChI=1S/C24H34N4O5S/c1-17-13-28(14-19-7-6-10-25-12-19)18(2)16-33-22-11-20(26-34(5,30)31)8-9-21(22)24(29)27(3)15-23(17)32-4/h6-12,17-18,23,26H,13-16H2,1-5H3/t17-,18-,23+/m0/s1. The van der Waals surface area contributed by atoms with Crippen LogP contribution in [0.3, 0.4) is 0 Å². The molecular formula is C24H34N4O5S. The minimum absolute atomic E-state index is 0.00629. The van der Waals surface area contributed by atoms with E-state index >= 15 is 0 Å². The van der Waals surface area contributed by atoms with Crippen molar-refractivity contribution in [2.45, 2.75) is 32.5 Å². The zero-order chi connectivity index (χ0) is 24.9. The summed E-state index contributed by atoms with van der Waals surface area (Å²) in [5.74, 6) is 0.275. The van der Waals surface area contributed by atoms with E-state index in [0.29, 0.717) is 36.7 Å². The van der Waals surface area contributed by atoms with Gasteiger partial charge >= 0.3 is 0 Å². The highest BCUT2D eigenvalue weighted by molar-refractivity contribution is 7.92. The molecule has 9 nitrogen and oxygen atoms in total. The van der Waals surface area contributed by atoms with Crippen LogP contribution in [0.5, 0.6) is 5.75 Å². The third-order valence-corrected chi connectivity index (χ3v) is 6.59. The lowest BCUT2D eigenvalue weighted by molar-refractivity contribution is 0.00920. The predicted molar refractivity (Wildman–Crippen MR) is 131 cm³/mol. The van der Waals surface area contributed by atoms with E-state index in [0.717, 1.165) is 18.4 Å². The molecule has 3 atom stereocenters. The van der Waals surface area contributed by atoms with Gasteiger partial charge in [0.15, 0.2) is 0 Å². The summed E-state index contributed by atoms with van der Waals surface area (Å²) in [6, 6.07) is 8.68. The van der Waals surface area contributed by atoms with Crippen LogP contribution < -0.4 is 9.46 Å². The van der Waals surface area contributed by atoms with Crippen molar-refractivity contribution >= 4 is 21.6 Å². The van der Waals surface area contributed by atoms with E-state index in [-0.39, 0.29) is 24.0 Å². The summed E-state index contributed by atoms with van der Waals surface area (Å²) in [6.07, 6.45) is 4.53. The third-order valence-electron chi connectivity index (χ3n) is 5.99. The van der Waals surface area contributed by atoms with Gasteiger partial charge < -0.3 is 14.4 Å². The van der Waals surface area contributed by atoms with Gasteiger partial charge in [0, 0.05) is 58.3 Å². The Hall–Kier alpha value is -2.69. The number of aromatic nitrogens is 1. The summed E-state index contributed by atoms with van der Waals surface area (Å²) in [7, 11) is -0.0720. The van der Waals surface area contributed by atoms with Gasteiger partial charge in [-0.25, -0.2) is 8.42 Å². The lowest BCUT2D eigenvalue weighted by Gasteiger charge is -2.36. The SMILES string of the molecule is CO[C@@H]1CN(C)C(=O)c2ccc(NS(C)(=O)=O)cc2OC[C@H](C)N(Cc2cccnc2)C[C@@H]1C. The van der Waals surface area contributed by atoms with Crippen molar-refractivity contribution in [1.82, 2.24) is 14.8 Å². The van der Waals surface area contributed by atoms with Crippen LogP contribution >= 0.6 is 0 Å². The van der Waals surface area contributed by atoms with Gasteiger partial charge in [-0.3, -0.25) is 19.4 Å². The minimum Gasteiger partial charge on any atom is -0.491 e. The summed E-state index contributed by atoms with van der Waals surface area (Å²) in [5, 5.41) is 0. The van der Waals surface area contributed by atoms with Gasteiger partial charge in [-0.2, -0.15) is 0 Å². The molecule has 0 spiro atoms. The zero-order valence-corrected chi connectivity index (χ0v) is 21.2. The van der Waals surface area contributed by atoms with E-state index in [1.807, 2.05) is 18.3 Å². The molecule has 34 heavy (non-hydrogen) atoms. The van der Waals surface area contributed by atoms with Gasteiger partial charge in [-0.15, -0.1) is 0 Å². The van der Waals surface area contributed by atoms with Gasteiger partial charge in [0.05, 0.1) is 23.6 Å². The number of amides is 1. The van der Waals surface area contributed by atoms with Crippen molar-refractivity contribution in [2.75, 3.05) is 44.8 Å². The number of sulfonamides is 1. The lowest BCUT2D eigenvalue weighted by atomic mass is 10.0. The zero-order valence-electron chi connectivity index (χ0n) is 20.4. The van der Waals surface area contributed by atoms with E-state index in [1.54, 1.807) is 43.5 Å². The van der Waals surface area contributed by atoms with E-state index in [1.165, 1.54) is 0 Å². The highest BCUT2D eigenvalue weighted by atomic mass is 32.2. The number of carbonyl (C=O) groups is 1. The second-order valence-electron chi connectivity index (χ2n) is 8.97. The van der Waals surface area contributed by atoms with Crippen molar-refractivity contribution in [1.29, 1.82) is 0 Å². The maximum absolute atomic E-state index is 13.2. The number of carbonyl (C=O) groups excluding carboxylic acids is 1. The Morgan fingerprint density at radius 1 is 1.24 bits per heavy atom. The number of ether oxygens (including phenoxy) is 2. The number of benzene rings is 1. The quantitative estimate of drug-likeness (QED) is 0.687. The molecule has 0 unspecified atom stereocenters. The molecule has 1 aromatic carbocycles. The summed E-state index contributed by atoms with van der Waals surface area (Å²) in [6.45, 7) is 6.35. The molecule has 0 saturated heterocycles. The monoisotopic (exact) mass is 490 g/mol. The molecule has 0 radical (unpaired) electrons. The number of pyridine rings is 1. The molecule has 3 rings (SSSR count). The number of rotatable bonds is 5. The first kappa shape index (κ1) is 25.9. The van der Waals surface area contributed by atoms with Crippen molar-refractivity contribution in [3.63, 3.8) is 0 Å². The summed E-state index contributed by atoms with van der Waals surface area (Å²) in [4.78, 5) is 21.4. The largest absolute Gasteiger partial charge is 0.491 e. The molecule has 1 amide bonds. The first-order chi connectivity index (χ1) is 16.1. The Kier molecular flexibility index (Phi) is 8.51. The van der Waals surface area contributed by atoms with E-state index in [4.69, 9.17) is 9.47 Å². The number of fused-ring (bicyclic) bond motifs is 1. The van der Waals surface area contributed by atoms with Crippen molar-refractivity contribution in [2.24, 2.45) is 5.92 Å². The molecule has 1 aromatic heterocycles. The fraction of sp³-hybridized carbons (Fsp3) is 0.500. The fourth-order valence-electron chi connectivity index (χ4n) is 4.07. The molecule has 1 aliphatic heterocycles. The Balaban J connectivity index is 1.96. The normalized spacial score (nSPS) is 22.8. The smallest absolute Gasteiger partial charge is 0.257 e. The maximum atomic E-state index is 13.2. The number of nitrogens with zero attached hydrogens (tertiary/aromatic N) is 3. The lowest BCUT2D eigenvalue weighted by Crippen LogP contribution is -2.46. The van der Waals surface area contributed by atoms with E-state index in [9.17, 15) is 13.2 Å². The number of likely N-dealkylation sites (N-methyl/N-ethyl adjacent to an activating group) is 1. The molecule has 1 aliphatic rings. The average molecular weight is 491 g/mol. The maximum Gasteiger partial charge on any atom is 0.257 e. The Bertz CT molecular complexity index is 1080. The van der Waals surface area contributed by atoms with Crippen LogP contribution in [0, 0.1) is 5.92 Å². The molecule has 2 aromatic rings. The van der Waals surface area contributed by atoms with Gasteiger partial charge in [-0.1, -0.05) is 13.0 Å². The Labute approximate surface area is 202 Å². The topological polar surface area (TPSA) is 101 Å². The molecule has 0 aliphatic carbocycles. The molecule has 2 heterocycles. The number of hydrogen-bond donors (Lipinski definition) is 1. The molecule has 0 saturated carbocycles. The summed E-state index contributed by atoms with van der Waals surface area (Å²) < 4.78 is 37.8. The average Bonchev–Trinajstić information content (AvgIpc) is 2.79. The number of methoxy groups -OCH3 is 1. The predicted octanol–water partition coefficient (Wildman–Crippen LogP) is 2.46. The first-order valence-electron chi connectivity index (χ1n) is 11.2. The fourth-order valence-corrected chi connectivity index (χ4v) is 4.63. The number of nitrogens with one attached hydrogen (secondary N) is 1. The van der Waals surface area contributed by atoms with Crippen LogP contribution in [-0.2, 0) is 21.3 Å². The highest BCUT2D eigenvalue weighted by Gasteiger charge is 2.28. The van der Waals surface area contributed by atoms with Gasteiger partial charge in [-0.05, 0) is 36.6 Å². The van der Waals surface area contributed by atoms with E-state index < -0.39 is 10.0 Å². The van der Waals surface area contributed by atoms with Crippen LogP contribution in [0.4, 0.5) is 5.69 Å². The van der Waals surface area contributed by atoms with Crippen molar-refractivity contribution < 1.29 is 22.7 Å². The van der Waals surface area contributed by atoms with Crippen LogP contribution in [0.1, 0.15) is 29.8 Å². The Morgan fingerprint density at radius 3 is 2.65 bits per heavy atom. The van der Waals surface area contributed by atoms with Crippen molar-refractivity contribution in [3.05, 3.63) is 53.9 Å². The van der Waals surface area contributed by atoms with Crippen LogP contribution in [-0.4, -0.2) is 81.4 Å². The van der Waals surface area contributed by atoms with Gasteiger partial charge in [0.25, 0.3) is 5.91 Å². The molecular weight excluding hydrogens is 456 g/mol. The number of hydrogen-bond acceptors (Lipinski definition) is 7. The van der Waals surface area contributed by atoms with E-state index in [2.05, 4.69) is 28.5 Å². The Morgan fingerprint density at radius 2 is 2.00 bits per heavy atom. The van der Waals surface area contributed by atoms with Crippen LogP contribution in [0.25, 0.3) is 0 Å². The molecule has 186 valence electrons. The van der Waals surface area contributed by atoms with Crippen LogP contribution in [0.15, 0.2) is 42.7 Å². The number of anilines is 1. The highest BCUT2D eigenvalue weighted by Crippen LogP contribution is 2.27. The minimum atomic E-state index is -3.47. The van der Waals surface area contributed by atoms with Crippen LogP contribution in [0.2, 0.25) is 0 Å². The second-order valence-corrected chi connectivity index (χ2v) is 10.7. The molecule has 0 fully saturated rings. The first-order valence-corrected chi connectivity index (χ1v) is 13.1.